The standard InChI is InChI=1S/C7H12N2/c1-2-4-7-6(3-1)8-5-9-7/h6-9H,1-4H2. The second-order valence-electron chi connectivity index (χ2n) is 2.91. The molecule has 2 atom stereocenters. The first-order valence-electron chi connectivity index (χ1n) is 3.73. The van der Waals surface area contributed by atoms with E-state index in [9.17, 15) is 0 Å². The maximum atomic E-state index is 3.20. The van der Waals surface area contributed by atoms with Crippen LogP contribution in [0.1, 0.15) is 25.7 Å². The van der Waals surface area contributed by atoms with Crippen molar-refractivity contribution < 1.29 is 0 Å². The van der Waals surface area contributed by atoms with E-state index in [1.165, 1.54) is 25.7 Å². The molecule has 0 spiro atoms. The zero-order valence-corrected chi connectivity index (χ0v) is 5.48. The van der Waals surface area contributed by atoms with Crippen molar-refractivity contribution in [1.29, 1.82) is 0 Å². The van der Waals surface area contributed by atoms with E-state index in [-0.39, 0.29) is 0 Å². The monoisotopic (exact) mass is 124 g/mol. The number of fused-ring (bicyclic) bond motifs is 1. The van der Waals surface area contributed by atoms with Crippen LogP contribution < -0.4 is 10.6 Å². The van der Waals surface area contributed by atoms with Crippen LogP contribution in [0.4, 0.5) is 0 Å². The van der Waals surface area contributed by atoms with E-state index in [0.29, 0.717) is 12.1 Å². The van der Waals surface area contributed by atoms with Crippen LogP contribution in [0, 0.1) is 6.67 Å². The van der Waals surface area contributed by atoms with Gasteiger partial charge in [0.1, 0.15) is 6.67 Å². The maximum absolute atomic E-state index is 3.20. The van der Waals surface area contributed by atoms with E-state index in [1.54, 1.807) is 0 Å². The van der Waals surface area contributed by atoms with Gasteiger partial charge in [0, 0.05) is 12.1 Å². The minimum atomic E-state index is 0.693. The summed E-state index contributed by atoms with van der Waals surface area (Å²) in [5, 5.41) is 6.39. The van der Waals surface area contributed by atoms with Gasteiger partial charge in [-0.15, -0.1) is 0 Å². The van der Waals surface area contributed by atoms with E-state index < -0.39 is 0 Å². The van der Waals surface area contributed by atoms with Crippen LogP contribution in [-0.4, -0.2) is 12.1 Å². The lowest BCUT2D eigenvalue weighted by Crippen LogP contribution is -2.36. The lowest BCUT2D eigenvalue weighted by molar-refractivity contribution is 0.374. The summed E-state index contributed by atoms with van der Waals surface area (Å²) in [6, 6.07) is 1.39. The van der Waals surface area contributed by atoms with Crippen molar-refractivity contribution in [3.8, 4) is 0 Å². The van der Waals surface area contributed by atoms with Crippen LogP contribution in [-0.2, 0) is 0 Å². The molecule has 2 N–H and O–H groups in total. The zero-order valence-electron chi connectivity index (χ0n) is 5.48. The van der Waals surface area contributed by atoms with Crippen molar-refractivity contribution in [2.24, 2.45) is 0 Å². The molecule has 0 amide bonds. The van der Waals surface area contributed by atoms with Gasteiger partial charge in [0.05, 0.1) is 0 Å². The Bertz CT molecular complexity index is 91.1. The molecule has 0 aromatic heterocycles. The Morgan fingerprint density at radius 1 is 1.00 bits per heavy atom. The van der Waals surface area contributed by atoms with Crippen molar-refractivity contribution in [3.63, 3.8) is 0 Å². The third-order valence-electron chi connectivity index (χ3n) is 2.28. The summed E-state index contributed by atoms with van der Waals surface area (Å²) in [7, 11) is 0. The van der Waals surface area contributed by atoms with Crippen molar-refractivity contribution >= 4 is 0 Å². The second-order valence-corrected chi connectivity index (χ2v) is 2.91. The third-order valence-corrected chi connectivity index (χ3v) is 2.28. The summed E-state index contributed by atoms with van der Waals surface area (Å²) in [5.41, 5.74) is 0. The van der Waals surface area contributed by atoms with E-state index >= 15 is 0 Å². The molecule has 0 bridgehead atoms. The lowest BCUT2D eigenvalue weighted by atomic mass is 9.92. The minimum absolute atomic E-state index is 0.693. The average molecular weight is 124 g/mol. The van der Waals surface area contributed by atoms with Crippen molar-refractivity contribution in [1.82, 2.24) is 10.6 Å². The Balaban J connectivity index is 1.97. The molecule has 1 saturated carbocycles. The Morgan fingerprint density at radius 3 is 2.11 bits per heavy atom. The fourth-order valence-corrected chi connectivity index (χ4v) is 1.70. The quantitative estimate of drug-likeness (QED) is 0.491. The van der Waals surface area contributed by atoms with E-state index in [1.807, 2.05) is 0 Å². The fourth-order valence-electron chi connectivity index (χ4n) is 1.70. The Kier molecular flexibility index (Phi) is 1.44. The van der Waals surface area contributed by atoms with Gasteiger partial charge in [0.15, 0.2) is 0 Å². The highest BCUT2D eigenvalue weighted by molar-refractivity contribution is 4.94. The highest BCUT2D eigenvalue weighted by atomic mass is 15.2. The maximum Gasteiger partial charge on any atom is 0.141 e. The van der Waals surface area contributed by atoms with Crippen LogP contribution >= 0.6 is 0 Å². The summed E-state index contributed by atoms with van der Waals surface area (Å²) in [6.07, 6.45) is 5.42. The molecule has 2 unspecified atom stereocenters. The van der Waals surface area contributed by atoms with Crippen LogP contribution in [0.5, 0.6) is 0 Å². The third kappa shape index (κ3) is 0.970. The molecule has 50 valence electrons. The largest absolute Gasteiger partial charge is 0.289 e. The van der Waals surface area contributed by atoms with E-state index in [4.69, 9.17) is 0 Å². The van der Waals surface area contributed by atoms with Gasteiger partial charge in [-0.25, -0.2) is 0 Å². The molecule has 2 rings (SSSR count). The van der Waals surface area contributed by atoms with Gasteiger partial charge in [0.25, 0.3) is 0 Å². The van der Waals surface area contributed by atoms with Crippen molar-refractivity contribution in [2.75, 3.05) is 0 Å². The van der Waals surface area contributed by atoms with Crippen molar-refractivity contribution in [2.45, 2.75) is 37.8 Å². The van der Waals surface area contributed by atoms with Gasteiger partial charge in [-0.1, -0.05) is 12.8 Å². The average Bonchev–Trinajstić information content (AvgIpc) is 2.33. The van der Waals surface area contributed by atoms with Gasteiger partial charge in [-0.05, 0) is 12.8 Å². The van der Waals surface area contributed by atoms with E-state index in [0.717, 1.165) is 0 Å². The molecule has 2 aliphatic rings. The van der Waals surface area contributed by atoms with Gasteiger partial charge < -0.3 is 0 Å². The Labute approximate surface area is 56.0 Å². The number of hydrogen-bond donors (Lipinski definition) is 2. The zero-order chi connectivity index (χ0) is 6.10. The summed E-state index contributed by atoms with van der Waals surface area (Å²) >= 11 is 0. The molecule has 0 aromatic rings. The highest BCUT2D eigenvalue weighted by Crippen LogP contribution is 2.21. The topological polar surface area (TPSA) is 24.1 Å². The number of rotatable bonds is 0. The summed E-state index contributed by atoms with van der Waals surface area (Å²) in [4.78, 5) is 0. The fraction of sp³-hybridized carbons (Fsp3) is 0.857. The van der Waals surface area contributed by atoms with Crippen LogP contribution in [0.25, 0.3) is 0 Å². The van der Waals surface area contributed by atoms with Crippen LogP contribution in [0.3, 0.4) is 0 Å². The van der Waals surface area contributed by atoms with E-state index in [2.05, 4.69) is 17.3 Å². The van der Waals surface area contributed by atoms with Gasteiger partial charge in [-0.2, -0.15) is 0 Å². The van der Waals surface area contributed by atoms with Crippen molar-refractivity contribution in [3.05, 3.63) is 6.67 Å². The molecule has 1 aliphatic heterocycles. The predicted molar refractivity (Wildman–Crippen MR) is 35.6 cm³/mol. The number of nitrogens with one attached hydrogen (secondary N) is 2. The molecule has 2 heteroatoms. The first-order valence-corrected chi connectivity index (χ1v) is 3.73. The first-order chi connectivity index (χ1) is 4.47. The summed E-state index contributed by atoms with van der Waals surface area (Å²) in [5.74, 6) is 0. The van der Waals surface area contributed by atoms with Gasteiger partial charge >= 0.3 is 0 Å². The minimum Gasteiger partial charge on any atom is -0.289 e. The van der Waals surface area contributed by atoms with Gasteiger partial charge in [0.2, 0.25) is 0 Å². The molecular weight excluding hydrogens is 112 g/mol. The smallest absolute Gasteiger partial charge is 0.141 e. The van der Waals surface area contributed by atoms with Crippen LogP contribution in [0.2, 0.25) is 0 Å². The predicted octanol–water partition coefficient (Wildman–Crippen LogP) is 0.487. The Morgan fingerprint density at radius 2 is 1.56 bits per heavy atom. The normalized spacial score (nSPS) is 42.7. The van der Waals surface area contributed by atoms with Crippen LogP contribution in [0.15, 0.2) is 0 Å². The molecule has 1 heterocycles. The molecule has 9 heavy (non-hydrogen) atoms. The first kappa shape index (κ1) is 5.69. The van der Waals surface area contributed by atoms with Gasteiger partial charge in [-0.3, -0.25) is 10.6 Å². The molecule has 1 aliphatic carbocycles. The lowest BCUT2D eigenvalue weighted by Gasteiger charge is -2.23. The number of hydrogen-bond acceptors (Lipinski definition) is 2. The second kappa shape index (κ2) is 2.27. The molecular formula is C7H12N2. The SMILES string of the molecule is [C]1NC2CCCCC2N1. The highest BCUT2D eigenvalue weighted by Gasteiger charge is 2.28. The molecule has 2 radical (unpaired) electrons. The Hall–Kier alpha value is -0.0800. The molecule has 1 saturated heterocycles. The molecule has 2 fully saturated rings. The molecule has 0 aromatic carbocycles. The summed E-state index contributed by atoms with van der Waals surface area (Å²) < 4.78 is 0. The summed E-state index contributed by atoms with van der Waals surface area (Å²) in [6.45, 7) is 2.96. The molecule has 2 nitrogen and oxygen atoms in total.